The molecule has 3 aliphatic carbocycles. The van der Waals surface area contributed by atoms with Crippen LogP contribution in [0.2, 0.25) is 0 Å². The Morgan fingerprint density at radius 1 is 1.59 bits per heavy atom. The van der Waals surface area contributed by atoms with Crippen molar-refractivity contribution in [2.45, 2.75) is 45.6 Å². The van der Waals surface area contributed by atoms with Crippen LogP contribution >= 0.6 is 0 Å². The van der Waals surface area contributed by atoms with Gasteiger partial charge >= 0.3 is 0 Å². The Bertz CT molecular complexity index is 390. The second-order valence-corrected chi connectivity index (χ2v) is 5.83. The fraction of sp³-hybridized carbons (Fsp3) is 0.667. The van der Waals surface area contributed by atoms with E-state index < -0.39 is 5.60 Å². The first-order chi connectivity index (χ1) is 7.94. The first-order valence-electron chi connectivity index (χ1n) is 6.37. The number of ketones is 1. The third-order valence-electron chi connectivity index (χ3n) is 4.44. The smallest absolute Gasteiger partial charge is 0.175 e. The highest BCUT2D eigenvalue weighted by Crippen LogP contribution is 2.51. The summed E-state index contributed by atoms with van der Waals surface area (Å²) in [7, 11) is 1.65. The SMILES string of the molecule is CO[C@]12C=C[C@H](CC1)[C@@](C)(CC=C(C)C)C2=O. The molecular weight excluding hydrogens is 212 g/mol. The molecule has 2 nitrogen and oxygen atoms in total. The predicted octanol–water partition coefficient (Wildman–Crippen LogP) is 3.28. The van der Waals surface area contributed by atoms with Crippen LogP contribution < -0.4 is 0 Å². The Balaban J connectivity index is 2.34. The molecule has 3 rings (SSSR count). The molecule has 2 heteroatoms. The summed E-state index contributed by atoms with van der Waals surface area (Å²) in [6.45, 7) is 6.25. The summed E-state index contributed by atoms with van der Waals surface area (Å²) in [4.78, 5) is 12.7. The van der Waals surface area contributed by atoms with Gasteiger partial charge in [-0.15, -0.1) is 0 Å². The molecule has 3 atom stereocenters. The Labute approximate surface area is 104 Å². The molecule has 3 aliphatic rings. The normalized spacial score (nSPS) is 39.5. The van der Waals surface area contributed by atoms with Crippen LogP contribution in [0.25, 0.3) is 0 Å². The zero-order valence-corrected chi connectivity index (χ0v) is 11.2. The Hall–Kier alpha value is -0.890. The number of hydrogen-bond donors (Lipinski definition) is 0. The third kappa shape index (κ3) is 1.79. The fourth-order valence-corrected chi connectivity index (χ4v) is 3.12. The maximum absolute atomic E-state index is 12.7. The standard InChI is InChI=1S/C15H22O2/c1-11(2)5-8-14(3)12-6-9-15(17-4,10-7-12)13(14)16/h5-6,9,12H,7-8,10H2,1-4H3/t12-,14-,15-/m1/s1. The molecule has 0 radical (unpaired) electrons. The predicted molar refractivity (Wildman–Crippen MR) is 68.8 cm³/mol. The van der Waals surface area contributed by atoms with E-state index in [-0.39, 0.29) is 11.2 Å². The van der Waals surface area contributed by atoms with Crippen LogP contribution in [-0.2, 0) is 9.53 Å². The minimum absolute atomic E-state index is 0.267. The van der Waals surface area contributed by atoms with Gasteiger partial charge < -0.3 is 4.74 Å². The van der Waals surface area contributed by atoms with Crippen molar-refractivity contribution in [3.63, 3.8) is 0 Å². The molecule has 0 amide bonds. The van der Waals surface area contributed by atoms with E-state index in [0.717, 1.165) is 19.3 Å². The third-order valence-corrected chi connectivity index (χ3v) is 4.44. The van der Waals surface area contributed by atoms with Crippen LogP contribution in [0.15, 0.2) is 23.8 Å². The van der Waals surface area contributed by atoms with E-state index in [1.54, 1.807) is 7.11 Å². The van der Waals surface area contributed by atoms with Crippen LogP contribution in [0.4, 0.5) is 0 Å². The van der Waals surface area contributed by atoms with Crippen LogP contribution in [0, 0.1) is 11.3 Å². The van der Waals surface area contributed by atoms with Gasteiger partial charge in [-0.05, 0) is 45.1 Å². The second kappa shape index (κ2) is 4.09. The first kappa shape index (κ1) is 12.6. The maximum atomic E-state index is 12.7. The molecular formula is C15H22O2. The number of carbonyl (C=O) groups is 1. The number of carbonyl (C=O) groups excluding carboxylic acids is 1. The van der Waals surface area contributed by atoms with E-state index in [1.807, 2.05) is 6.08 Å². The molecule has 17 heavy (non-hydrogen) atoms. The van der Waals surface area contributed by atoms with Gasteiger partial charge in [-0.25, -0.2) is 0 Å². The number of fused-ring (bicyclic) bond motifs is 2. The van der Waals surface area contributed by atoms with Gasteiger partial charge in [-0.1, -0.05) is 24.6 Å². The van der Waals surface area contributed by atoms with E-state index in [9.17, 15) is 4.79 Å². The van der Waals surface area contributed by atoms with Gasteiger partial charge in [0.05, 0.1) is 0 Å². The largest absolute Gasteiger partial charge is 0.366 e. The van der Waals surface area contributed by atoms with Gasteiger partial charge in [-0.2, -0.15) is 0 Å². The molecule has 2 bridgehead atoms. The number of ether oxygens (including phenoxy) is 1. The van der Waals surface area contributed by atoms with Gasteiger partial charge in [0.1, 0.15) is 5.60 Å². The first-order valence-corrected chi connectivity index (χ1v) is 6.37. The molecule has 94 valence electrons. The van der Waals surface area contributed by atoms with Gasteiger partial charge in [-0.3, -0.25) is 4.79 Å². The number of rotatable bonds is 3. The lowest BCUT2D eigenvalue weighted by atomic mass is 9.56. The average molecular weight is 234 g/mol. The van der Waals surface area contributed by atoms with E-state index >= 15 is 0 Å². The van der Waals surface area contributed by atoms with Gasteiger partial charge in [0.2, 0.25) is 0 Å². The van der Waals surface area contributed by atoms with Crippen LogP contribution in [0.3, 0.4) is 0 Å². The lowest BCUT2D eigenvalue weighted by molar-refractivity contribution is -0.156. The molecule has 0 spiro atoms. The Kier molecular flexibility index (Phi) is 3.03. The molecule has 0 aromatic carbocycles. The maximum Gasteiger partial charge on any atom is 0.175 e. The van der Waals surface area contributed by atoms with Gasteiger partial charge in [0.25, 0.3) is 0 Å². The van der Waals surface area contributed by atoms with Crippen molar-refractivity contribution in [2.75, 3.05) is 7.11 Å². The van der Waals surface area contributed by atoms with Gasteiger partial charge in [0.15, 0.2) is 5.78 Å². The quantitative estimate of drug-likeness (QED) is 0.700. The summed E-state index contributed by atoms with van der Waals surface area (Å²) in [6.07, 6.45) is 9.07. The Morgan fingerprint density at radius 3 is 2.76 bits per heavy atom. The molecule has 0 unspecified atom stereocenters. The highest BCUT2D eigenvalue weighted by molar-refractivity contribution is 5.96. The van der Waals surface area contributed by atoms with E-state index in [0.29, 0.717) is 5.92 Å². The minimum atomic E-state index is -0.640. The average Bonchev–Trinajstić information content (AvgIpc) is 2.34. The van der Waals surface area contributed by atoms with Crippen LogP contribution in [0.5, 0.6) is 0 Å². The van der Waals surface area contributed by atoms with Crippen molar-refractivity contribution in [1.29, 1.82) is 0 Å². The van der Waals surface area contributed by atoms with Crippen molar-refractivity contribution in [1.82, 2.24) is 0 Å². The van der Waals surface area contributed by atoms with Crippen molar-refractivity contribution in [2.24, 2.45) is 11.3 Å². The number of Topliss-reactive ketones (excluding diaryl/α,β-unsaturated/α-hetero) is 1. The highest BCUT2D eigenvalue weighted by atomic mass is 16.5. The van der Waals surface area contributed by atoms with Crippen molar-refractivity contribution in [3.05, 3.63) is 23.8 Å². The molecule has 0 aliphatic heterocycles. The number of methoxy groups -OCH3 is 1. The molecule has 0 saturated heterocycles. The van der Waals surface area contributed by atoms with Crippen LogP contribution in [0.1, 0.15) is 40.0 Å². The zero-order valence-electron chi connectivity index (χ0n) is 11.2. The molecule has 0 aromatic heterocycles. The number of hydrogen-bond acceptors (Lipinski definition) is 2. The van der Waals surface area contributed by atoms with Crippen molar-refractivity contribution >= 4 is 5.78 Å². The summed E-state index contributed by atoms with van der Waals surface area (Å²) in [5.74, 6) is 0.645. The molecule has 0 N–H and O–H groups in total. The summed E-state index contributed by atoms with van der Waals surface area (Å²) in [5.41, 5.74) is 0.357. The second-order valence-electron chi connectivity index (χ2n) is 5.83. The lowest BCUT2D eigenvalue weighted by Gasteiger charge is -2.50. The van der Waals surface area contributed by atoms with E-state index in [2.05, 4.69) is 32.9 Å². The summed E-state index contributed by atoms with van der Waals surface area (Å²) in [6, 6.07) is 0. The van der Waals surface area contributed by atoms with Crippen LogP contribution in [-0.4, -0.2) is 18.5 Å². The molecule has 1 saturated carbocycles. The topological polar surface area (TPSA) is 26.3 Å². The van der Waals surface area contributed by atoms with E-state index in [4.69, 9.17) is 4.74 Å². The Morgan fingerprint density at radius 2 is 2.29 bits per heavy atom. The van der Waals surface area contributed by atoms with Gasteiger partial charge in [0, 0.05) is 12.5 Å². The fourth-order valence-electron chi connectivity index (χ4n) is 3.12. The molecule has 0 heterocycles. The summed E-state index contributed by atoms with van der Waals surface area (Å²) in [5, 5.41) is 0. The van der Waals surface area contributed by atoms with Crippen molar-refractivity contribution in [3.8, 4) is 0 Å². The van der Waals surface area contributed by atoms with E-state index in [1.165, 1.54) is 5.57 Å². The zero-order chi connectivity index (χ0) is 12.7. The summed E-state index contributed by atoms with van der Waals surface area (Å²) >= 11 is 0. The highest BCUT2D eigenvalue weighted by Gasteiger charge is 2.56. The minimum Gasteiger partial charge on any atom is -0.366 e. The summed E-state index contributed by atoms with van der Waals surface area (Å²) < 4.78 is 5.52. The molecule has 0 aromatic rings. The lowest BCUT2D eigenvalue weighted by Crippen LogP contribution is -2.57. The monoisotopic (exact) mass is 234 g/mol. The number of allylic oxidation sites excluding steroid dienone is 3. The van der Waals surface area contributed by atoms with Crippen molar-refractivity contribution < 1.29 is 9.53 Å². The molecule has 1 fully saturated rings.